The highest BCUT2D eigenvalue weighted by molar-refractivity contribution is 6.03. The lowest BCUT2D eigenvalue weighted by Crippen LogP contribution is -2.52. The number of amides is 1. The summed E-state index contributed by atoms with van der Waals surface area (Å²) >= 11 is 0. The highest BCUT2D eigenvalue weighted by atomic mass is 16.5. The Morgan fingerprint density at radius 2 is 1.79 bits per heavy atom. The van der Waals surface area contributed by atoms with E-state index in [0.29, 0.717) is 68.2 Å². The van der Waals surface area contributed by atoms with Crippen molar-refractivity contribution in [2.45, 2.75) is 51.0 Å². The highest BCUT2D eigenvalue weighted by Gasteiger charge is 2.44. The molecule has 0 bridgehead atoms. The molecule has 1 spiro atoms. The number of ether oxygens (including phenoxy) is 4. The fraction of sp³-hybridized carbons (Fsp3) is 0.481. The third-order valence-corrected chi connectivity index (χ3v) is 6.75. The molecule has 0 aromatic heterocycles. The SMILES string of the molecule is CCc1ccc(OCCCC(=O)N2CCC3(CC2)CC(=O)c2c(OC)cc(OC)cc2O3)cc1. The van der Waals surface area contributed by atoms with Crippen LogP contribution in [0.2, 0.25) is 0 Å². The van der Waals surface area contributed by atoms with Crippen LogP contribution < -0.4 is 18.9 Å². The zero-order chi connectivity index (χ0) is 24.1. The quantitative estimate of drug-likeness (QED) is 0.534. The minimum Gasteiger partial charge on any atom is -0.496 e. The van der Waals surface area contributed by atoms with E-state index >= 15 is 0 Å². The number of Topliss-reactive ketones (excluding diaryl/α,β-unsaturated/α-hetero) is 1. The van der Waals surface area contributed by atoms with Gasteiger partial charge in [0.15, 0.2) is 5.78 Å². The molecule has 1 saturated heterocycles. The van der Waals surface area contributed by atoms with Crippen LogP contribution >= 0.6 is 0 Å². The van der Waals surface area contributed by atoms with Crippen molar-refractivity contribution in [3.63, 3.8) is 0 Å². The second-order valence-electron chi connectivity index (χ2n) is 8.92. The average molecular weight is 468 g/mol. The van der Waals surface area contributed by atoms with Crippen molar-refractivity contribution in [2.75, 3.05) is 33.9 Å². The van der Waals surface area contributed by atoms with E-state index in [0.717, 1.165) is 12.2 Å². The van der Waals surface area contributed by atoms with Crippen LogP contribution in [0.4, 0.5) is 0 Å². The van der Waals surface area contributed by atoms with E-state index in [1.165, 1.54) is 12.7 Å². The molecule has 0 radical (unpaired) electrons. The lowest BCUT2D eigenvalue weighted by Gasteiger charge is -2.44. The second kappa shape index (κ2) is 10.4. The summed E-state index contributed by atoms with van der Waals surface area (Å²) in [6.45, 7) is 3.77. The van der Waals surface area contributed by atoms with Gasteiger partial charge in [0.25, 0.3) is 0 Å². The number of nitrogens with zero attached hydrogens (tertiary/aromatic N) is 1. The normalized spacial score (nSPS) is 16.6. The monoisotopic (exact) mass is 467 g/mol. The molecule has 0 aliphatic carbocycles. The Morgan fingerprint density at radius 3 is 2.44 bits per heavy atom. The molecule has 182 valence electrons. The van der Waals surface area contributed by atoms with Gasteiger partial charge in [0, 0.05) is 44.5 Å². The Morgan fingerprint density at radius 1 is 1.06 bits per heavy atom. The molecule has 0 unspecified atom stereocenters. The van der Waals surface area contributed by atoms with Crippen LogP contribution in [0.15, 0.2) is 36.4 Å². The van der Waals surface area contributed by atoms with Gasteiger partial charge in [-0.15, -0.1) is 0 Å². The fourth-order valence-electron chi connectivity index (χ4n) is 4.69. The lowest BCUT2D eigenvalue weighted by atomic mass is 9.82. The van der Waals surface area contributed by atoms with Gasteiger partial charge in [-0.2, -0.15) is 0 Å². The number of carbonyl (C=O) groups excluding carboxylic acids is 2. The number of benzene rings is 2. The van der Waals surface area contributed by atoms with Gasteiger partial charge >= 0.3 is 0 Å². The molecule has 2 aromatic rings. The molecule has 2 aliphatic heterocycles. The Balaban J connectivity index is 1.29. The van der Waals surface area contributed by atoms with E-state index in [9.17, 15) is 9.59 Å². The minimum absolute atomic E-state index is 0.00430. The third kappa shape index (κ3) is 5.13. The van der Waals surface area contributed by atoms with E-state index in [4.69, 9.17) is 18.9 Å². The molecule has 7 heteroatoms. The van der Waals surface area contributed by atoms with E-state index in [1.54, 1.807) is 19.2 Å². The summed E-state index contributed by atoms with van der Waals surface area (Å²) < 4.78 is 22.9. The standard InChI is InChI=1S/C27H33NO6/c1-4-19-7-9-20(10-8-19)33-15-5-6-25(30)28-13-11-27(12-14-28)18-22(29)26-23(32-3)16-21(31-2)17-24(26)34-27/h7-10,16-17H,4-6,11-15,18H2,1-3H3. The molecular weight excluding hydrogens is 434 g/mol. The fourth-order valence-corrected chi connectivity index (χ4v) is 4.69. The minimum atomic E-state index is -0.591. The van der Waals surface area contributed by atoms with E-state index < -0.39 is 5.60 Å². The second-order valence-corrected chi connectivity index (χ2v) is 8.92. The average Bonchev–Trinajstić information content (AvgIpc) is 2.86. The number of likely N-dealkylation sites (tertiary alicyclic amines) is 1. The number of ketones is 1. The topological polar surface area (TPSA) is 74.3 Å². The molecule has 1 amide bonds. The molecule has 2 aromatic carbocycles. The first-order valence-corrected chi connectivity index (χ1v) is 11.9. The molecule has 0 atom stereocenters. The van der Waals surface area contributed by atoms with Crippen LogP contribution in [0.5, 0.6) is 23.0 Å². The van der Waals surface area contributed by atoms with Crippen LogP contribution in [-0.2, 0) is 11.2 Å². The van der Waals surface area contributed by atoms with Crippen LogP contribution in [0.25, 0.3) is 0 Å². The Bertz CT molecular complexity index is 1020. The van der Waals surface area contributed by atoms with Crippen molar-refractivity contribution in [3.05, 3.63) is 47.5 Å². The van der Waals surface area contributed by atoms with Crippen molar-refractivity contribution < 1.29 is 28.5 Å². The first kappa shape index (κ1) is 23.9. The number of aryl methyl sites for hydroxylation is 1. The van der Waals surface area contributed by atoms with E-state index in [2.05, 4.69) is 19.1 Å². The highest BCUT2D eigenvalue weighted by Crippen LogP contribution is 2.44. The van der Waals surface area contributed by atoms with Crippen molar-refractivity contribution in [2.24, 2.45) is 0 Å². The van der Waals surface area contributed by atoms with Crippen molar-refractivity contribution >= 4 is 11.7 Å². The molecule has 2 aliphatic rings. The maximum atomic E-state index is 13.0. The first-order valence-electron chi connectivity index (χ1n) is 11.9. The van der Waals surface area contributed by atoms with Gasteiger partial charge < -0.3 is 23.8 Å². The molecular formula is C27H33NO6. The number of rotatable bonds is 8. The molecule has 0 N–H and O–H groups in total. The van der Waals surface area contributed by atoms with Crippen LogP contribution in [0.1, 0.15) is 54.9 Å². The predicted octanol–water partition coefficient (Wildman–Crippen LogP) is 4.45. The van der Waals surface area contributed by atoms with Gasteiger partial charge in [0.05, 0.1) is 27.2 Å². The number of piperidine rings is 1. The molecule has 0 saturated carbocycles. The first-order chi connectivity index (χ1) is 16.5. The van der Waals surface area contributed by atoms with Gasteiger partial charge in [-0.25, -0.2) is 0 Å². The Labute approximate surface area is 200 Å². The lowest BCUT2D eigenvalue weighted by molar-refractivity contribution is -0.135. The van der Waals surface area contributed by atoms with E-state index in [-0.39, 0.29) is 18.1 Å². The molecule has 2 heterocycles. The predicted molar refractivity (Wildman–Crippen MR) is 128 cm³/mol. The Hall–Kier alpha value is -3.22. The largest absolute Gasteiger partial charge is 0.496 e. The van der Waals surface area contributed by atoms with Gasteiger partial charge in [-0.3, -0.25) is 9.59 Å². The zero-order valence-corrected chi connectivity index (χ0v) is 20.2. The van der Waals surface area contributed by atoms with Gasteiger partial charge in [-0.05, 0) is 30.5 Å². The number of hydrogen-bond donors (Lipinski definition) is 0. The number of fused-ring (bicyclic) bond motifs is 1. The van der Waals surface area contributed by atoms with Crippen molar-refractivity contribution in [3.8, 4) is 23.0 Å². The molecule has 4 rings (SSSR count). The zero-order valence-electron chi connectivity index (χ0n) is 20.2. The molecule has 34 heavy (non-hydrogen) atoms. The summed E-state index contributed by atoms with van der Waals surface area (Å²) in [5.41, 5.74) is 1.15. The van der Waals surface area contributed by atoms with Crippen LogP contribution in [0.3, 0.4) is 0 Å². The van der Waals surface area contributed by atoms with E-state index in [1.807, 2.05) is 17.0 Å². The molecule has 1 fully saturated rings. The summed E-state index contributed by atoms with van der Waals surface area (Å²) in [5.74, 6) is 2.49. The molecule has 7 nitrogen and oxygen atoms in total. The van der Waals surface area contributed by atoms with Gasteiger partial charge in [0.2, 0.25) is 5.91 Å². The summed E-state index contributed by atoms with van der Waals surface area (Å²) in [6.07, 6.45) is 3.62. The Kier molecular flexibility index (Phi) is 7.29. The number of methoxy groups -OCH3 is 2. The van der Waals surface area contributed by atoms with Crippen LogP contribution in [-0.4, -0.2) is 56.1 Å². The van der Waals surface area contributed by atoms with Gasteiger partial charge in [0.1, 0.15) is 34.2 Å². The maximum Gasteiger partial charge on any atom is 0.222 e. The van der Waals surface area contributed by atoms with Crippen LogP contribution in [0, 0.1) is 0 Å². The number of hydrogen-bond acceptors (Lipinski definition) is 6. The third-order valence-electron chi connectivity index (χ3n) is 6.75. The maximum absolute atomic E-state index is 13.0. The van der Waals surface area contributed by atoms with Gasteiger partial charge in [-0.1, -0.05) is 19.1 Å². The summed E-state index contributed by atoms with van der Waals surface area (Å²) in [4.78, 5) is 27.6. The van der Waals surface area contributed by atoms with Crippen molar-refractivity contribution in [1.29, 1.82) is 0 Å². The summed E-state index contributed by atoms with van der Waals surface area (Å²) in [5, 5.41) is 0. The van der Waals surface area contributed by atoms with Crippen molar-refractivity contribution in [1.82, 2.24) is 4.90 Å². The number of carbonyl (C=O) groups is 2. The summed E-state index contributed by atoms with van der Waals surface area (Å²) in [6, 6.07) is 11.5. The smallest absolute Gasteiger partial charge is 0.222 e. The summed E-state index contributed by atoms with van der Waals surface area (Å²) in [7, 11) is 3.10.